The van der Waals surface area contributed by atoms with E-state index in [2.05, 4.69) is 89.2 Å². The Morgan fingerprint density at radius 2 is 1.49 bits per heavy atom. The topological polar surface area (TPSA) is 54.0 Å². The molecule has 4 atom stereocenters. The molecule has 0 saturated carbocycles. The maximum Gasteiger partial charge on any atom is 0.309 e. The van der Waals surface area contributed by atoms with Gasteiger partial charge in [-0.3, -0.25) is 4.79 Å². The van der Waals surface area contributed by atoms with E-state index in [1.54, 1.807) is 7.11 Å². The Kier molecular flexibility index (Phi) is 10.2. The molecule has 0 spiro atoms. The molecule has 0 N–H and O–H groups in total. The minimum absolute atomic E-state index is 0.0270. The molecule has 4 rings (SSSR count). The lowest BCUT2D eigenvalue weighted by molar-refractivity contribution is -0.154. The number of carbonyl (C=O) groups excluding carboxylic acids is 1. The first-order valence-corrected chi connectivity index (χ1v) is 16.4. The lowest BCUT2D eigenvalue weighted by Crippen LogP contribution is -2.67. The first-order valence-electron chi connectivity index (χ1n) is 14.5. The van der Waals surface area contributed by atoms with Crippen molar-refractivity contribution in [1.29, 1.82) is 0 Å². The third-order valence-electron chi connectivity index (χ3n) is 7.99. The molecule has 0 bridgehead atoms. The van der Waals surface area contributed by atoms with Crippen LogP contribution in [0.25, 0.3) is 0 Å². The summed E-state index contributed by atoms with van der Waals surface area (Å²) in [5, 5.41) is 2.36. The monoisotopic (exact) mass is 572 g/mol. The summed E-state index contributed by atoms with van der Waals surface area (Å²) in [5.41, 5.74) is 1.03. The van der Waals surface area contributed by atoms with E-state index >= 15 is 0 Å². The van der Waals surface area contributed by atoms with Crippen molar-refractivity contribution in [3.8, 4) is 5.75 Å². The van der Waals surface area contributed by atoms with E-state index in [0.29, 0.717) is 13.2 Å². The smallest absolute Gasteiger partial charge is 0.309 e. The average molecular weight is 573 g/mol. The molecule has 6 heteroatoms. The highest BCUT2D eigenvalue weighted by molar-refractivity contribution is 6.99. The van der Waals surface area contributed by atoms with Crippen LogP contribution in [0.4, 0.5) is 0 Å². The molecule has 1 aliphatic rings. The van der Waals surface area contributed by atoms with E-state index in [4.69, 9.17) is 18.6 Å². The highest BCUT2D eigenvalue weighted by Gasteiger charge is 2.50. The van der Waals surface area contributed by atoms with Crippen molar-refractivity contribution in [2.45, 2.75) is 64.9 Å². The molecule has 0 unspecified atom stereocenters. The van der Waals surface area contributed by atoms with Crippen molar-refractivity contribution in [3.05, 3.63) is 103 Å². The number of esters is 1. The second-order valence-corrected chi connectivity index (χ2v) is 16.4. The van der Waals surface area contributed by atoms with Gasteiger partial charge in [0.05, 0.1) is 26.2 Å². The zero-order valence-electron chi connectivity index (χ0n) is 25.2. The van der Waals surface area contributed by atoms with Crippen LogP contribution in [0, 0.1) is 11.8 Å². The summed E-state index contributed by atoms with van der Waals surface area (Å²) in [5.74, 6) is 0.594. The number of hydrogen-bond donors (Lipinski definition) is 0. The van der Waals surface area contributed by atoms with E-state index in [9.17, 15) is 4.79 Å². The number of hydrogen-bond acceptors (Lipinski definition) is 5. The second kappa shape index (κ2) is 13.6. The van der Waals surface area contributed by atoms with Gasteiger partial charge in [-0.05, 0) is 39.2 Å². The summed E-state index contributed by atoms with van der Waals surface area (Å²) >= 11 is 0. The fourth-order valence-electron chi connectivity index (χ4n) is 5.55. The Labute approximate surface area is 246 Å². The van der Waals surface area contributed by atoms with Gasteiger partial charge in [0, 0.05) is 18.4 Å². The van der Waals surface area contributed by atoms with E-state index in [1.165, 1.54) is 10.4 Å². The number of ether oxygens (including phenoxy) is 3. The van der Waals surface area contributed by atoms with Crippen molar-refractivity contribution in [2.75, 3.05) is 13.7 Å². The number of rotatable bonds is 10. The highest BCUT2D eigenvalue weighted by atomic mass is 28.4. The predicted octanol–water partition coefficient (Wildman–Crippen LogP) is 6.30. The molecular formula is C35H44O5Si. The van der Waals surface area contributed by atoms with Crippen LogP contribution in [0.3, 0.4) is 0 Å². The van der Waals surface area contributed by atoms with Gasteiger partial charge in [0.2, 0.25) is 0 Å². The van der Waals surface area contributed by atoms with Crippen molar-refractivity contribution >= 4 is 24.7 Å². The molecule has 3 aromatic rings. The molecule has 1 aliphatic heterocycles. The minimum atomic E-state index is -2.68. The van der Waals surface area contributed by atoms with Gasteiger partial charge >= 0.3 is 5.97 Å². The Morgan fingerprint density at radius 3 is 2.02 bits per heavy atom. The molecule has 1 heterocycles. The number of carbonyl (C=O) groups is 1. The largest absolute Gasteiger partial charge is 0.497 e. The van der Waals surface area contributed by atoms with Gasteiger partial charge in [0.15, 0.2) is 0 Å². The molecule has 5 nitrogen and oxygen atoms in total. The molecule has 0 fully saturated rings. The predicted molar refractivity (Wildman–Crippen MR) is 167 cm³/mol. The fourth-order valence-corrected chi connectivity index (χ4v) is 10.2. The van der Waals surface area contributed by atoms with Gasteiger partial charge in [-0.15, -0.1) is 0 Å². The molecule has 41 heavy (non-hydrogen) atoms. The third kappa shape index (κ3) is 7.37. The molecule has 0 aromatic heterocycles. The van der Waals surface area contributed by atoms with E-state index in [-0.39, 0.29) is 41.5 Å². The Morgan fingerprint density at radius 1 is 0.902 bits per heavy atom. The van der Waals surface area contributed by atoms with Crippen LogP contribution in [-0.2, 0) is 25.3 Å². The average Bonchev–Trinajstić information content (AvgIpc) is 2.97. The van der Waals surface area contributed by atoms with Crippen LogP contribution in [0.15, 0.2) is 97.1 Å². The van der Waals surface area contributed by atoms with Gasteiger partial charge in [-0.2, -0.15) is 0 Å². The maximum atomic E-state index is 13.0. The Bertz CT molecular complexity index is 1230. The van der Waals surface area contributed by atoms with Crippen molar-refractivity contribution in [1.82, 2.24) is 0 Å². The zero-order chi connectivity index (χ0) is 29.5. The molecule has 0 saturated heterocycles. The number of methoxy groups -OCH3 is 1. The van der Waals surface area contributed by atoms with Crippen LogP contribution in [0.5, 0.6) is 5.75 Å². The summed E-state index contributed by atoms with van der Waals surface area (Å²) in [6.07, 6.45) is 3.72. The number of benzene rings is 3. The summed E-state index contributed by atoms with van der Waals surface area (Å²) in [6.45, 7) is 11.9. The van der Waals surface area contributed by atoms with Crippen molar-refractivity contribution in [3.63, 3.8) is 0 Å². The van der Waals surface area contributed by atoms with Gasteiger partial charge < -0.3 is 18.6 Å². The van der Waals surface area contributed by atoms with Crippen molar-refractivity contribution < 1.29 is 23.4 Å². The van der Waals surface area contributed by atoms with Crippen LogP contribution in [0.1, 0.15) is 46.6 Å². The van der Waals surface area contributed by atoms with Crippen LogP contribution in [-0.4, -0.2) is 40.2 Å². The molecule has 3 aromatic carbocycles. The highest BCUT2D eigenvalue weighted by Crippen LogP contribution is 2.37. The summed E-state index contributed by atoms with van der Waals surface area (Å²) in [6, 6.07) is 29.0. The normalized spacial score (nSPS) is 20.5. The van der Waals surface area contributed by atoms with Gasteiger partial charge in [-0.1, -0.05) is 113 Å². The van der Waals surface area contributed by atoms with Crippen LogP contribution >= 0.6 is 0 Å². The molecule has 218 valence electrons. The van der Waals surface area contributed by atoms with Crippen LogP contribution in [0.2, 0.25) is 5.04 Å². The number of cyclic esters (lactones) is 1. The lowest BCUT2D eigenvalue weighted by atomic mass is 9.96. The van der Waals surface area contributed by atoms with Gasteiger partial charge in [0.1, 0.15) is 11.9 Å². The lowest BCUT2D eigenvalue weighted by Gasteiger charge is -2.44. The zero-order valence-corrected chi connectivity index (χ0v) is 26.2. The van der Waals surface area contributed by atoms with Gasteiger partial charge in [0.25, 0.3) is 8.32 Å². The summed E-state index contributed by atoms with van der Waals surface area (Å²) < 4.78 is 24.5. The van der Waals surface area contributed by atoms with Crippen LogP contribution < -0.4 is 15.1 Å². The first kappa shape index (κ1) is 30.8. The summed E-state index contributed by atoms with van der Waals surface area (Å²) in [7, 11) is -1.03. The van der Waals surface area contributed by atoms with Crippen molar-refractivity contribution in [2.24, 2.45) is 11.8 Å². The SMILES string of the molecule is COc1ccc(CO[C@H]2CC(=O)O[C@H]([C@H](C)CO[Si](c3ccccc3)(c3ccccc3)C(C)(C)C)C=C[C@@H]2C)cc1. The molecule has 0 amide bonds. The quantitative estimate of drug-likeness (QED) is 0.162. The molecular weight excluding hydrogens is 528 g/mol. The molecule has 0 aliphatic carbocycles. The minimum Gasteiger partial charge on any atom is -0.497 e. The maximum absolute atomic E-state index is 13.0. The molecule has 0 radical (unpaired) electrons. The third-order valence-corrected chi connectivity index (χ3v) is 13.0. The summed E-state index contributed by atoms with van der Waals surface area (Å²) in [4.78, 5) is 13.0. The second-order valence-electron chi connectivity index (χ2n) is 12.1. The standard InChI is InChI=1S/C35H44O5Si/c1-26-17-22-32(40-34(36)23-33(26)38-25-28-18-20-29(37-6)21-19-28)27(2)24-39-41(35(3,4)5,30-13-9-7-10-14-30)31-15-11-8-12-16-31/h7-22,26-27,32-33H,23-25H2,1-6H3/t26-,27+,32-,33-/m0/s1. The van der Waals surface area contributed by atoms with E-state index in [1.807, 2.05) is 42.5 Å². The Balaban J connectivity index is 1.49. The first-order chi connectivity index (χ1) is 19.6. The van der Waals surface area contributed by atoms with E-state index < -0.39 is 8.32 Å². The fraction of sp³-hybridized carbons (Fsp3) is 0.400. The van der Waals surface area contributed by atoms with Gasteiger partial charge in [-0.25, -0.2) is 0 Å². The van der Waals surface area contributed by atoms with E-state index in [0.717, 1.165) is 11.3 Å². The Hall–Kier alpha value is -3.19.